The molecule has 1 aliphatic heterocycles. The molecule has 6 nitrogen and oxygen atoms in total. The molecule has 6 heteroatoms. The number of hydrogen-bond acceptors (Lipinski definition) is 4. The maximum absolute atomic E-state index is 12.0. The first-order valence-electron chi connectivity index (χ1n) is 7.23. The highest BCUT2D eigenvalue weighted by Crippen LogP contribution is 2.19. The largest absolute Gasteiger partial charge is 0.419 e. The van der Waals surface area contributed by atoms with Gasteiger partial charge >= 0.3 is 5.76 Å². The van der Waals surface area contributed by atoms with E-state index in [9.17, 15) is 9.59 Å². The van der Waals surface area contributed by atoms with Crippen molar-refractivity contribution in [3.63, 3.8) is 0 Å². The zero-order valence-electron chi connectivity index (χ0n) is 12.0. The van der Waals surface area contributed by atoms with E-state index in [1.165, 1.54) is 4.57 Å². The van der Waals surface area contributed by atoms with Crippen molar-refractivity contribution in [2.75, 3.05) is 18.4 Å². The number of aryl methyl sites for hydroxylation is 1. The van der Waals surface area contributed by atoms with E-state index in [-0.39, 0.29) is 5.91 Å². The summed E-state index contributed by atoms with van der Waals surface area (Å²) < 4.78 is 6.49. The predicted molar refractivity (Wildman–Crippen MR) is 80.3 cm³/mol. The SMILES string of the molecule is Cn1c(=O)oc2ccc(NC(=O)CCC3CCNC3)cc21. The van der Waals surface area contributed by atoms with Crippen LogP contribution in [0.25, 0.3) is 11.1 Å². The molecule has 0 saturated carbocycles. The number of benzene rings is 1. The minimum atomic E-state index is -0.401. The van der Waals surface area contributed by atoms with Crippen LogP contribution in [0.5, 0.6) is 0 Å². The van der Waals surface area contributed by atoms with Crippen LogP contribution in [0.15, 0.2) is 27.4 Å². The van der Waals surface area contributed by atoms with Gasteiger partial charge in [-0.25, -0.2) is 4.79 Å². The second-order valence-corrected chi connectivity index (χ2v) is 5.56. The lowest BCUT2D eigenvalue weighted by atomic mass is 10.0. The van der Waals surface area contributed by atoms with E-state index < -0.39 is 5.76 Å². The predicted octanol–water partition coefficient (Wildman–Crippen LogP) is 1.46. The van der Waals surface area contributed by atoms with Crippen molar-refractivity contribution in [2.45, 2.75) is 19.3 Å². The minimum Gasteiger partial charge on any atom is -0.408 e. The second-order valence-electron chi connectivity index (χ2n) is 5.56. The van der Waals surface area contributed by atoms with Crippen molar-refractivity contribution >= 4 is 22.7 Å². The molecule has 0 aliphatic carbocycles. The molecule has 2 aromatic rings. The Bertz CT molecular complexity index is 711. The Hall–Kier alpha value is -2.08. The van der Waals surface area contributed by atoms with Crippen molar-refractivity contribution in [3.05, 3.63) is 28.7 Å². The summed E-state index contributed by atoms with van der Waals surface area (Å²) in [5, 5.41) is 6.18. The maximum atomic E-state index is 12.0. The Kier molecular flexibility index (Phi) is 3.79. The highest BCUT2D eigenvalue weighted by molar-refractivity contribution is 5.92. The molecule has 1 fully saturated rings. The fourth-order valence-corrected chi connectivity index (χ4v) is 2.72. The van der Waals surface area contributed by atoms with Gasteiger partial charge in [-0.05, 0) is 50.0 Å². The molecule has 1 atom stereocenters. The van der Waals surface area contributed by atoms with Crippen molar-refractivity contribution < 1.29 is 9.21 Å². The van der Waals surface area contributed by atoms with E-state index in [2.05, 4.69) is 10.6 Å². The summed E-state index contributed by atoms with van der Waals surface area (Å²) in [5.41, 5.74) is 1.89. The van der Waals surface area contributed by atoms with Gasteiger partial charge in [-0.3, -0.25) is 9.36 Å². The first-order valence-corrected chi connectivity index (χ1v) is 7.23. The molecule has 1 amide bonds. The average Bonchev–Trinajstić information content (AvgIpc) is 3.07. The Morgan fingerprint density at radius 3 is 3.14 bits per heavy atom. The molecule has 21 heavy (non-hydrogen) atoms. The van der Waals surface area contributed by atoms with Crippen molar-refractivity contribution in [2.24, 2.45) is 13.0 Å². The number of carbonyl (C=O) groups is 1. The monoisotopic (exact) mass is 289 g/mol. The fourth-order valence-electron chi connectivity index (χ4n) is 2.72. The third-order valence-electron chi connectivity index (χ3n) is 4.02. The van der Waals surface area contributed by atoms with Crippen LogP contribution >= 0.6 is 0 Å². The zero-order chi connectivity index (χ0) is 14.8. The summed E-state index contributed by atoms with van der Waals surface area (Å²) in [4.78, 5) is 23.4. The third kappa shape index (κ3) is 3.00. The van der Waals surface area contributed by atoms with Gasteiger partial charge in [0, 0.05) is 19.2 Å². The van der Waals surface area contributed by atoms with Crippen LogP contribution in [0.4, 0.5) is 5.69 Å². The topological polar surface area (TPSA) is 76.3 Å². The number of oxazole rings is 1. The quantitative estimate of drug-likeness (QED) is 0.893. The number of fused-ring (bicyclic) bond motifs is 1. The molecule has 1 aromatic heterocycles. The van der Waals surface area contributed by atoms with E-state index in [0.717, 1.165) is 25.9 Å². The summed E-state index contributed by atoms with van der Waals surface area (Å²) in [6.07, 6.45) is 2.58. The van der Waals surface area contributed by atoms with Crippen LogP contribution in [0.2, 0.25) is 0 Å². The van der Waals surface area contributed by atoms with Gasteiger partial charge < -0.3 is 15.1 Å². The number of amides is 1. The Labute approximate surface area is 122 Å². The molecule has 2 heterocycles. The lowest BCUT2D eigenvalue weighted by Gasteiger charge is -2.08. The van der Waals surface area contributed by atoms with Crippen molar-refractivity contribution in [1.82, 2.24) is 9.88 Å². The fraction of sp³-hybridized carbons (Fsp3) is 0.467. The first-order chi connectivity index (χ1) is 10.1. The van der Waals surface area contributed by atoms with Crippen molar-refractivity contribution in [1.29, 1.82) is 0 Å². The van der Waals surface area contributed by atoms with E-state index in [1.807, 2.05) is 0 Å². The van der Waals surface area contributed by atoms with E-state index in [0.29, 0.717) is 29.1 Å². The lowest BCUT2D eigenvalue weighted by Crippen LogP contribution is -2.15. The van der Waals surface area contributed by atoms with E-state index in [1.54, 1.807) is 25.2 Å². The normalized spacial score (nSPS) is 18.2. The third-order valence-corrected chi connectivity index (χ3v) is 4.02. The molecule has 112 valence electrons. The summed E-state index contributed by atoms with van der Waals surface area (Å²) >= 11 is 0. The number of carbonyl (C=O) groups excluding carboxylic acids is 1. The van der Waals surface area contributed by atoms with Crippen molar-refractivity contribution in [3.8, 4) is 0 Å². The van der Waals surface area contributed by atoms with Crippen LogP contribution in [0.1, 0.15) is 19.3 Å². The summed E-state index contributed by atoms with van der Waals surface area (Å²) in [7, 11) is 1.65. The number of nitrogens with zero attached hydrogens (tertiary/aromatic N) is 1. The highest BCUT2D eigenvalue weighted by atomic mass is 16.4. The molecule has 0 spiro atoms. The smallest absolute Gasteiger partial charge is 0.408 e. The van der Waals surface area contributed by atoms with Crippen LogP contribution in [0, 0.1) is 5.92 Å². The van der Waals surface area contributed by atoms with Gasteiger partial charge in [-0.15, -0.1) is 0 Å². The van der Waals surface area contributed by atoms with Gasteiger partial charge in [0.05, 0.1) is 5.52 Å². The van der Waals surface area contributed by atoms with Crippen LogP contribution in [-0.4, -0.2) is 23.6 Å². The van der Waals surface area contributed by atoms with Crippen LogP contribution in [0.3, 0.4) is 0 Å². The average molecular weight is 289 g/mol. The standard InChI is InChI=1S/C15H19N3O3/c1-18-12-8-11(3-4-13(12)21-15(18)20)17-14(19)5-2-10-6-7-16-9-10/h3-4,8,10,16H,2,5-7,9H2,1H3,(H,17,19). The van der Waals surface area contributed by atoms with E-state index in [4.69, 9.17) is 4.42 Å². The number of nitrogens with one attached hydrogen (secondary N) is 2. The van der Waals surface area contributed by atoms with Crippen LogP contribution < -0.4 is 16.4 Å². The second kappa shape index (κ2) is 5.73. The molecule has 0 radical (unpaired) electrons. The van der Waals surface area contributed by atoms with Gasteiger partial charge in [0.1, 0.15) is 0 Å². The molecule has 1 aliphatic rings. The van der Waals surface area contributed by atoms with Gasteiger partial charge in [0.25, 0.3) is 0 Å². The van der Waals surface area contributed by atoms with Gasteiger partial charge in [0.2, 0.25) is 5.91 Å². The molecule has 3 rings (SSSR count). The molecule has 2 N–H and O–H groups in total. The zero-order valence-corrected chi connectivity index (χ0v) is 12.0. The Morgan fingerprint density at radius 2 is 2.38 bits per heavy atom. The number of hydrogen-bond donors (Lipinski definition) is 2. The number of rotatable bonds is 4. The molecule has 1 saturated heterocycles. The molecule has 1 aromatic carbocycles. The highest BCUT2D eigenvalue weighted by Gasteiger charge is 2.16. The first kappa shape index (κ1) is 13.9. The van der Waals surface area contributed by atoms with E-state index >= 15 is 0 Å². The Morgan fingerprint density at radius 1 is 1.52 bits per heavy atom. The summed E-state index contributed by atoms with van der Waals surface area (Å²) in [5.74, 6) is 0.213. The number of aromatic nitrogens is 1. The molecule has 0 bridgehead atoms. The Balaban J connectivity index is 1.65. The molecule has 1 unspecified atom stereocenters. The van der Waals surface area contributed by atoms with Gasteiger partial charge in [-0.1, -0.05) is 0 Å². The number of anilines is 1. The molecular weight excluding hydrogens is 270 g/mol. The summed E-state index contributed by atoms with van der Waals surface area (Å²) in [6, 6.07) is 5.21. The summed E-state index contributed by atoms with van der Waals surface area (Å²) in [6.45, 7) is 2.06. The van der Waals surface area contributed by atoms with Crippen LogP contribution in [-0.2, 0) is 11.8 Å². The molecular formula is C15H19N3O3. The lowest BCUT2D eigenvalue weighted by molar-refractivity contribution is -0.116. The van der Waals surface area contributed by atoms with Gasteiger partial charge in [0.15, 0.2) is 5.58 Å². The minimum absolute atomic E-state index is 0.00902. The maximum Gasteiger partial charge on any atom is 0.419 e. The van der Waals surface area contributed by atoms with Gasteiger partial charge in [-0.2, -0.15) is 0 Å².